The van der Waals surface area contributed by atoms with Gasteiger partial charge in [-0.25, -0.2) is 0 Å². The van der Waals surface area contributed by atoms with Gasteiger partial charge < -0.3 is 9.32 Å². The molecule has 6 heteroatoms. The van der Waals surface area contributed by atoms with Crippen LogP contribution in [0.4, 0.5) is 5.95 Å². The Morgan fingerprint density at radius 2 is 2.05 bits per heavy atom. The number of thioether (sulfide) groups is 1. The van der Waals surface area contributed by atoms with Gasteiger partial charge in [0.25, 0.3) is 0 Å². The van der Waals surface area contributed by atoms with E-state index in [0.29, 0.717) is 18.4 Å². The summed E-state index contributed by atoms with van der Waals surface area (Å²) in [6.07, 6.45) is 3.01. The number of rotatable bonds is 5. The van der Waals surface area contributed by atoms with Crippen molar-refractivity contribution in [1.29, 1.82) is 0 Å². The molecule has 0 bridgehead atoms. The number of nitrogens with zero attached hydrogens (tertiary/aromatic N) is 4. The van der Waals surface area contributed by atoms with E-state index in [2.05, 4.69) is 40.4 Å². The van der Waals surface area contributed by atoms with Crippen molar-refractivity contribution in [2.24, 2.45) is 11.8 Å². The van der Waals surface area contributed by atoms with Crippen LogP contribution < -0.4 is 4.90 Å². The highest BCUT2D eigenvalue weighted by Gasteiger charge is 2.26. The Bertz CT molecular complexity index is 585. The second kappa shape index (κ2) is 6.77. The molecule has 5 nitrogen and oxygen atoms in total. The smallest absolute Gasteiger partial charge is 0.228 e. The largest absolute Gasteiger partial charge is 0.467 e. The van der Waals surface area contributed by atoms with Gasteiger partial charge in [0.15, 0.2) is 5.16 Å². The lowest BCUT2D eigenvalue weighted by atomic mass is 9.92. The molecule has 0 N–H and O–H groups in total. The van der Waals surface area contributed by atoms with Crippen LogP contribution in [-0.4, -0.2) is 33.6 Å². The molecular weight excluding hydrogens is 296 g/mol. The first-order valence-electron chi connectivity index (χ1n) is 8.00. The predicted molar refractivity (Wildman–Crippen MR) is 89.4 cm³/mol. The van der Waals surface area contributed by atoms with Gasteiger partial charge in [0.05, 0.1) is 12.8 Å². The van der Waals surface area contributed by atoms with Crippen LogP contribution in [0.25, 0.3) is 0 Å². The molecule has 22 heavy (non-hydrogen) atoms. The van der Waals surface area contributed by atoms with Crippen LogP contribution in [0.3, 0.4) is 0 Å². The molecule has 0 aliphatic carbocycles. The van der Waals surface area contributed by atoms with E-state index < -0.39 is 0 Å². The van der Waals surface area contributed by atoms with Crippen molar-refractivity contribution in [3.05, 3.63) is 24.2 Å². The number of aromatic nitrogens is 3. The first kappa shape index (κ1) is 15.5. The van der Waals surface area contributed by atoms with Gasteiger partial charge in [-0.15, -0.1) is 10.2 Å². The van der Waals surface area contributed by atoms with Gasteiger partial charge >= 0.3 is 0 Å². The zero-order valence-electron chi connectivity index (χ0n) is 13.5. The molecule has 3 heterocycles. The molecular formula is C16H24N4OS. The molecule has 2 atom stereocenters. The molecule has 0 amide bonds. The average molecular weight is 320 g/mol. The Hall–Kier alpha value is -1.43. The topological polar surface area (TPSA) is 47.1 Å². The van der Waals surface area contributed by atoms with E-state index in [4.69, 9.17) is 4.42 Å². The summed E-state index contributed by atoms with van der Waals surface area (Å²) in [5.74, 6) is 4.30. The molecule has 3 rings (SSSR count). The number of furan rings is 1. The van der Waals surface area contributed by atoms with Crippen molar-refractivity contribution in [1.82, 2.24) is 14.8 Å². The van der Waals surface area contributed by atoms with Crippen molar-refractivity contribution < 1.29 is 4.42 Å². The van der Waals surface area contributed by atoms with Crippen molar-refractivity contribution in [2.75, 3.05) is 23.7 Å². The Labute approximate surface area is 136 Å². The van der Waals surface area contributed by atoms with E-state index in [0.717, 1.165) is 35.7 Å². The molecule has 2 aromatic heterocycles. The summed E-state index contributed by atoms with van der Waals surface area (Å²) in [6, 6.07) is 3.93. The third-order valence-corrected chi connectivity index (χ3v) is 4.87. The van der Waals surface area contributed by atoms with Crippen LogP contribution in [-0.2, 0) is 6.54 Å². The molecule has 0 unspecified atom stereocenters. The van der Waals surface area contributed by atoms with Crippen molar-refractivity contribution in [3.8, 4) is 0 Å². The van der Waals surface area contributed by atoms with Gasteiger partial charge in [-0.2, -0.15) is 0 Å². The molecule has 120 valence electrons. The van der Waals surface area contributed by atoms with Gasteiger partial charge in [-0.1, -0.05) is 32.5 Å². The second-order valence-electron chi connectivity index (χ2n) is 6.23. The van der Waals surface area contributed by atoms with Gasteiger partial charge in [0, 0.05) is 13.1 Å². The Morgan fingerprint density at radius 1 is 1.27 bits per heavy atom. The Balaban J connectivity index is 1.89. The van der Waals surface area contributed by atoms with Crippen LogP contribution in [0.5, 0.6) is 0 Å². The minimum Gasteiger partial charge on any atom is -0.467 e. The lowest BCUT2D eigenvalue weighted by molar-refractivity contribution is 0.350. The first-order valence-corrected chi connectivity index (χ1v) is 8.99. The second-order valence-corrected chi connectivity index (χ2v) is 7.46. The summed E-state index contributed by atoms with van der Waals surface area (Å²) in [5.41, 5.74) is 0. The summed E-state index contributed by atoms with van der Waals surface area (Å²) < 4.78 is 7.71. The summed E-state index contributed by atoms with van der Waals surface area (Å²) in [4.78, 5) is 2.38. The van der Waals surface area contributed by atoms with E-state index in [-0.39, 0.29) is 0 Å². The third-order valence-electron chi connectivity index (χ3n) is 4.02. The van der Waals surface area contributed by atoms with Crippen LogP contribution in [0, 0.1) is 11.8 Å². The fraction of sp³-hybridized carbons (Fsp3) is 0.625. The standard InChI is InChI=1S/C16H24N4OS/c1-4-22-16-18-17-15(19-9-12(2)8-13(3)10-19)20(16)11-14-6-5-7-21-14/h5-7,12-13H,4,8-11H2,1-3H3/t12-,13-/m0/s1. The maximum Gasteiger partial charge on any atom is 0.228 e. The first-order chi connectivity index (χ1) is 10.7. The quantitative estimate of drug-likeness (QED) is 0.789. The summed E-state index contributed by atoms with van der Waals surface area (Å²) in [7, 11) is 0. The maximum absolute atomic E-state index is 5.52. The monoisotopic (exact) mass is 320 g/mol. The van der Waals surface area contributed by atoms with Gasteiger partial charge in [0.2, 0.25) is 5.95 Å². The highest BCUT2D eigenvalue weighted by atomic mass is 32.2. The number of piperidine rings is 1. The zero-order chi connectivity index (χ0) is 15.5. The van der Waals surface area contributed by atoms with E-state index >= 15 is 0 Å². The minimum atomic E-state index is 0.691. The molecule has 1 fully saturated rings. The van der Waals surface area contributed by atoms with Gasteiger partial charge in [0.1, 0.15) is 5.76 Å². The molecule has 1 aliphatic rings. The van der Waals surface area contributed by atoms with Crippen LogP contribution in [0.1, 0.15) is 33.0 Å². The fourth-order valence-corrected chi connectivity index (χ4v) is 3.93. The normalized spacial score (nSPS) is 22.2. The fourth-order valence-electron chi connectivity index (χ4n) is 3.27. The van der Waals surface area contributed by atoms with E-state index in [9.17, 15) is 0 Å². The third kappa shape index (κ3) is 3.32. The number of hydrogen-bond donors (Lipinski definition) is 0. The Kier molecular flexibility index (Phi) is 4.76. The lowest BCUT2D eigenvalue weighted by Crippen LogP contribution is -2.40. The predicted octanol–water partition coefficient (Wildman–Crippen LogP) is 3.51. The lowest BCUT2D eigenvalue weighted by Gasteiger charge is -2.35. The maximum atomic E-state index is 5.52. The highest BCUT2D eigenvalue weighted by Crippen LogP contribution is 2.28. The van der Waals surface area contributed by atoms with Crippen LogP contribution >= 0.6 is 11.8 Å². The molecule has 0 aromatic carbocycles. The van der Waals surface area contributed by atoms with E-state index in [1.54, 1.807) is 18.0 Å². The molecule has 0 radical (unpaired) electrons. The SMILES string of the molecule is CCSc1nnc(N2C[C@@H](C)C[C@H](C)C2)n1Cc1ccco1. The number of anilines is 1. The van der Waals surface area contributed by atoms with Crippen molar-refractivity contribution in [3.63, 3.8) is 0 Å². The van der Waals surface area contributed by atoms with Crippen LogP contribution in [0.15, 0.2) is 28.0 Å². The van der Waals surface area contributed by atoms with Crippen molar-refractivity contribution in [2.45, 2.75) is 38.9 Å². The van der Waals surface area contributed by atoms with Crippen molar-refractivity contribution >= 4 is 17.7 Å². The molecule has 0 saturated carbocycles. The number of hydrogen-bond acceptors (Lipinski definition) is 5. The zero-order valence-corrected chi connectivity index (χ0v) is 14.3. The summed E-state index contributed by atoms with van der Waals surface area (Å²) >= 11 is 1.73. The highest BCUT2D eigenvalue weighted by molar-refractivity contribution is 7.99. The van der Waals surface area contributed by atoms with Crippen LogP contribution in [0.2, 0.25) is 0 Å². The molecule has 1 aliphatic heterocycles. The van der Waals surface area contributed by atoms with E-state index in [1.165, 1.54) is 6.42 Å². The minimum absolute atomic E-state index is 0.691. The van der Waals surface area contributed by atoms with E-state index in [1.807, 2.05) is 12.1 Å². The molecule has 2 aromatic rings. The van der Waals surface area contributed by atoms with Gasteiger partial charge in [-0.3, -0.25) is 4.57 Å². The summed E-state index contributed by atoms with van der Waals surface area (Å²) in [6.45, 7) is 9.57. The Morgan fingerprint density at radius 3 is 2.68 bits per heavy atom. The summed E-state index contributed by atoms with van der Waals surface area (Å²) in [5, 5.41) is 9.86. The molecule has 1 saturated heterocycles. The molecule has 0 spiro atoms. The van der Waals surface area contributed by atoms with Gasteiger partial charge in [-0.05, 0) is 36.1 Å². The average Bonchev–Trinajstić information content (AvgIpc) is 3.10.